The molecule has 3 heterocycles. The molecule has 0 spiro atoms. The highest BCUT2D eigenvalue weighted by Crippen LogP contribution is 2.31. The standard InChI is InChI=1S/C26H24N4O3S/c1-33-20-10-11-23-19(14-20)7-5-13-29(23)24(31)17-34-26-28-22-9-3-2-8-21(22)25(32)30(26)16-18-6-4-12-27-15-18/h2-4,6,8-12,14-15H,5,7,13,16-17H2,1H3. The number of carbonyl (C=O) groups is 1. The highest BCUT2D eigenvalue weighted by atomic mass is 32.2. The van der Waals surface area contributed by atoms with E-state index in [1.165, 1.54) is 11.8 Å². The fourth-order valence-corrected chi connectivity index (χ4v) is 5.11. The van der Waals surface area contributed by atoms with Crippen LogP contribution >= 0.6 is 11.8 Å². The van der Waals surface area contributed by atoms with Gasteiger partial charge in [0.1, 0.15) is 5.75 Å². The Bertz CT molecular complexity index is 1400. The number of para-hydroxylation sites is 1. The van der Waals surface area contributed by atoms with Gasteiger partial charge in [0.25, 0.3) is 5.56 Å². The summed E-state index contributed by atoms with van der Waals surface area (Å²) in [7, 11) is 1.64. The lowest BCUT2D eigenvalue weighted by Crippen LogP contribution is -2.37. The van der Waals surface area contributed by atoms with Gasteiger partial charge in [0, 0.05) is 24.6 Å². The molecule has 172 valence electrons. The molecule has 1 amide bonds. The number of carbonyl (C=O) groups excluding carboxylic acids is 1. The Kier molecular flexibility index (Phi) is 6.31. The molecule has 34 heavy (non-hydrogen) atoms. The normalized spacial score (nSPS) is 13.0. The predicted octanol–water partition coefficient (Wildman–Crippen LogP) is 3.92. The molecule has 0 unspecified atom stereocenters. The van der Waals surface area contributed by atoms with Crippen LogP contribution in [0.4, 0.5) is 5.69 Å². The van der Waals surface area contributed by atoms with Crippen molar-refractivity contribution in [1.82, 2.24) is 14.5 Å². The summed E-state index contributed by atoms with van der Waals surface area (Å²) in [4.78, 5) is 37.3. The number of hydrogen-bond donors (Lipinski definition) is 0. The van der Waals surface area contributed by atoms with Crippen molar-refractivity contribution in [3.05, 3.63) is 88.5 Å². The van der Waals surface area contributed by atoms with Gasteiger partial charge < -0.3 is 9.64 Å². The van der Waals surface area contributed by atoms with Crippen molar-refractivity contribution in [2.45, 2.75) is 24.5 Å². The van der Waals surface area contributed by atoms with Crippen LogP contribution in [0.5, 0.6) is 5.75 Å². The number of hydrogen-bond acceptors (Lipinski definition) is 6. The molecule has 0 N–H and O–H groups in total. The molecule has 2 aromatic carbocycles. The highest BCUT2D eigenvalue weighted by molar-refractivity contribution is 7.99. The number of aryl methyl sites for hydroxylation is 1. The summed E-state index contributed by atoms with van der Waals surface area (Å²) >= 11 is 1.29. The summed E-state index contributed by atoms with van der Waals surface area (Å²) in [6.45, 7) is 1.01. The van der Waals surface area contributed by atoms with Crippen LogP contribution in [0.25, 0.3) is 10.9 Å². The number of benzene rings is 2. The first-order valence-corrected chi connectivity index (χ1v) is 12.1. The minimum Gasteiger partial charge on any atom is -0.497 e. The molecule has 1 aliphatic heterocycles. The maximum atomic E-state index is 13.3. The molecule has 8 heteroatoms. The van der Waals surface area contributed by atoms with Gasteiger partial charge in [-0.3, -0.25) is 19.1 Å². The van der Waals surface area contributed by atoms with E-state index < -0.39 is 0 Å². The van der Waals surface area contributed by atoms with Crippen LogP contribution in [0.3, 0.4) is 0 Å². The van der Waals surface area contributed by atoms with Crippen molar-refractivity contribution >= 4 is 34.3 Å². The smallest absolute Gasteiger partial charge is 0.262 e. The van der Waals surface area contributed by atoms with E-state index in [-0.39, 0.29) is 17.2 Å². The molecule has 5 rings (SSSR count). The Hall–Kier alpha value is -3.65. The number of aromatic nitrogens is 3. The van der Waals surface area contributed by atoms with Crippen molar-refractivity contribution < 1.29 is 9.53 Å². The van der Waals surface area contributed by atoms with E-state index in [4.69, 9.17) is 9.72 Å². The van der Waals surface area contributed by atoms with Gasteiger partial charge >= 0.3 is 0 Å². The second-order valence-electron chi connectivity index (χ2n) is 8.10. The summed E-state index contributed by atoms with van der Waals surface area (Å²) in [6, 6.07) is 16.9. The molecule has 0 fully saturated rings. The van der Waals surface area contributed by atoms with Crippen molar-refractivity contribution in [1.29, 1.82) is 0 Å². The molecular formula is C26H24N4O3S. The zero-order chi connectivity index (χ0) is 23.5. The van der Waals surface area contributed by atoms with E-state index in [2.05, 4.69) is 4.98 Å². The molecule has 0 bridgehead atoms. The number of anilines is 1. The van der Waals surface area contributed by atoms with Crippen molar-refractivity contribution in [3.8, 4) is 5.75 Å². The lowest BCUT2D eigenvalue weighted by Gasteiger charge is -2.29. The first kappa shape index (κ1) is 22.2. The Morgan fingerprint density at radius 1 is 1.15 bits per heavy atom. The van der Waals surface area contributed by atoms with Crippen molar-refractivity contribution in [2.75, 3.05) is 24.3 Å². The number of nitrogens with zero attached hydrogens (tertiary/aromatic N) is 4. The third kappa shape index (κ3) is 4.41. The van der Waals surface area contributed by atoms with Crippen LogP contribution in [-0.2, 0) is 17.8 Å². The number of amides is 1. The molecule has 4 aromatic rings. The fourth-order valence-electron chi connectivity index (χ4n) is 4.24. The first-order valence-electron chi connectivity index (χ1n) is 11.1. The van der Waals surface area contributed by atoms with E-state index in [1.54, 1.807) is 30.1 Å². The Morgan fingerprint density at radius 2 is 2.03 bits per heavy atom. The zero-order valence-electron chi connectivity index (χ0n) is 18.8. The van der Waals surface area contributed by atoms with E-state index in [1.807, 2.05) is 53.4 Å². The van der Waals surface area contributed by atoms with Crippen molar-refractivity contribution in [3.63, 3.8) is 0 Å². The Morgan fingerprint density at radius 3 is 2.85 bits per heavy atom. The summed E-state index contributed by atoms with van der Waals surface area (Å²) < 4.78 is 6.97. The average molecular weight is 473 g/mol. The van der Waals surface area contributed by atoms with E-state index in [9.17, 15) is 9.59 Å². The average Bonchev–Trinajstić information content (AvgIpc) is 2.89. The molecule has 2 aromatic heterocycles. The number of rotatable bonds is 6. The maximum absolute atomic E-state index is 13.3. The SMILES string of the molecule is COc1ccc2c(c1)CCCN2C(=O)CSc1nc2ccccc2c(=O)n1Cc1cccnc1. The topological polar surface area (TPSA) is 77.3 Å². The number of methoxy groups -OCH3 is 1. The van der Waals surface area contributed by atoms with E-state index in [0.717, 1.165) is 35.4 Å². The van der Waals surface area contributed by atoms with Gasteiger partial charge in [0.05, 0.1) is 30.3 Å². The molecular weight excluding hydrogens is 448 g/mol. The summed E-state index contributed by atoms with van der Waals surface area (Å²) in [5.41, 5.74) is 3.44. The van der Waals surface area contributed by atoms with Gasteiger partial charge in [0.15, 0.2) is 5.16 Å². The largest absolute Gasteiger partial charge is 0.497 e. The summed E-state index contributed by atoms with van der Waals surface area (Å²) in [5, 5.41) is 1.08. The minimum atomic E-state index is -0.125. The molecule has 0 radical (unpaired) electrons. The van der Waals surface area contributed by atoms with Gasteiger partial charge in [-0.2, -0.15) is 0 Å². The number of fused-ring (bicyclic) bond motifs is 2. The molecule has 0 atom stereocenters. The van der Waals surface area contributed by atoms with Gasteiger partial charge in [0.2, 0.25) is 5.91 Å². The van der Waals surface area contributed by atoms with Crippen LogP contribution in [0.15, 0.2) is 76.9 Å². The van der Waals surface area contributed by atoms with Crippen LogP contribution in [-0.4, -0.2) is 39.8 Å². The molecule has 0 aliphatic carbocycles. The summed E-state index contributed by atoms with van der Waals surface area (Å²) in [6.07, 6.45) is 5.25. The fraction of sp³-hybridized carbons (Fsp3) is 0.231. The van der Waals surface area contributed by atoms with Gasteiger partial charge in [-0.15, -0.1) is 0 Å². The second kappa shape index (κ2) is 9.69. The molecule has 0 saturated heterocycles. The second-order valence-corrected chi connectivity index (χ2v) is 9.04. The number of pyridine rings is 1. The van der Waals surface area contributed by atoms with Crippen LogP contribution in [0.1, 0.15) is 17.5 Å². The Labute approximate surface area is 201 Å². The quantitative estimate of drug-likeness (QED) is 0.313. The predicted molar refractivity (Wildman–Crippen MR) is 134 cm³/mol. The van der Waals surface area contributed by atoms with Crippen molar-refractivity contribution in [2.24, 2.45) is 0 Å². The van der Waals surface area contributed by atoms with E-state index in [0.29, 0.717) is 29.1 Å². The summed E-state index contributed by atoms with van der Waals surface area (Å²) in [5.74, 6) is 0.970. The molecule has 7 nitrogen and oxygen atoms in total. The van der Waals surface area contributed by atoms with Crippen LogP contribution < -0.4 is 15.2 Å². The number of ether oxygens (including phenoxy) is 1. The van der Waals surface area contributed by atoms with Gasteiger partial charge in [-0.25, -0.2) is 4.98 Å². The van der Waals surface area contributed by atoms with Gasteiger partial charge in [-0.1, -0.05) is 30.0 Å². The van der Waals surface area contributed by atoms with E-state index >= 15 is 0 Å². The zero-order valence-corrected chi connectivity index (χ0v) is 19.6. The lowest BCUT2D eigenvalue weighted by molar-refractivity contribution is -0.116. The lowest BCUT2D eigenvalue weighted by atomic mass is 10.0. The monoisotopic (exact) mass is 472 g/mol. The van der Waals surface area contributed by atoms with Crippen LogP contribution in [0.2, 0.25) is 0 Å². The third-order valence-corrected chi connectivity index (χ3v) is 6.88. The maximum Gasteiger partial charge on any atom is 0.262 e. The number of thioether (sulfide) groups is 1. The first-order chi connectivity index (χ1) is 16.6. The molecule has 1 aliphatic rings. The molecule has 0 saturated carbocycles. The third-order valence-electron chi connectivity index (χ3n) is 5.92. The Balaban J connectivity index is 1.43. The minimum absolute atomic E-state index is 0.00791. The van der Waals surface area contributed by atoms with Gasteiger partial charge in [-0.05, 0) is 60.4 Å². The highest BCUT2D eigenvalue weighted by Gasteiger charge is 2.24. The van der Waals surface area contributed by atoms with Crippen LogP contribution in [0, 0.1) is 0 Å².